The molecule has 5 aromatic rings. The van der Waals surface area contributed by atoms with Crippen LogP contribution in [0.1, 0.15) is 21.5 Å². The Morgan fingerprint density at radius 3 is 2.23 bits per heavy atom. The Balaban J connectivity index is 1.87. The molecule has 0 radical (unpaired) electrons. The van der Waals surface area contributed by atoms with Crippen LogP contribution in [0, 0.1) is 0 Å². The highest BCUT2D eigenvalue weighted by Crippen LogP contribution is 2.31. The van der Waals surface area contributed by atoms with E-state index in [0.29, 0.717) is 0 Å². The van der Waals surface area contributed by atoms with Crippen LogP contribution >= 0.6 is 0 Å². The van der Waals surface area contributed by atoms with Gasteiger partial charge >= 0.3 is 0 Å². The third-order valence-corrected chi connectivity index (χ3v) is 5.57. The van der Waals surface area contributed by atoms with Crippen molar-refractivity contribution < 1.29 is 4.79 Å². The number of carbonyl (C=O) groups excluding carboxylic acids is 1. The Bertz CT molecular complexity index is 1430. The highest BCUT2D eigenvalue weighted by Gasteiger charge is 2.22. The Morgan fingerprint density at radius 2 is 1.31 bits per heavy atom. The maximum atomic E-state index is 13.3. The minimum Gasteiger partial charge on any atom is -0.289 e. The fourth-order valence-electron chi connectivity index (χ4n) is 4.37. The van der Waals surface area contributed by atoms with Crippen LogP contribution in [0.3, 0.4) is 0 Å². The Morgan fingerprint density at radius 1 is 0.577 bits per heavy atom. The van der Waals surface area contributed by atoms with Crippen molar-refractivity contribution in [1.29, 1.82) is 0 Å². The lowest BCUT2D eigenvalue weighted by Gasteiger charge is -2.17. The van der Waals surface area contributed by atoms with E-state index < -0.39 is 0 Å². The summed E-state index contributed by atoms with van der Waals surface area (Å²) in [4.78, 5) is 13.3. The number of benzene rings is 5. The SMILES string of the molecule is O=C1c2ccc3ccccc3c2C=c2c1cc1cccc3cccc2c31. The maximum Gasteiger partial charge on any atom is 0.194 e. The van der Waals surface area contributed by atoms with Gasteiger partial charge in [0.2, 0.25) is 0 Å². The third kappa shape index (κ3) is 1.67. The van der Waals surface area contributed by atoms with Crippen LogP contribution in [0.25, 0.3) is 38.4 Å². The van der Waals surface area contributed by atoms with Gasteiger partial charge in [-0.2, -0.15) is 0 Å². The van der Waals surface area contributed by atoms with E-state index in [1.165, 1.54) is 10.8 Å². The van der Waals surface area contributed by atoms with Crippen molar-refractivity contribution in [3.63, 3.8) is 0 Å². The maximum absolute atomic E-state index is 13.3. The molecule has 0 saturated carbocycles. The van der Waals surface area contributed by atoms with Gasteiger partial charge in [0.1, 0.15) is 0 Å². The number of hydrogen-bond donors (Lipinski definition) is 0. The summed E-state index contributed by atoms with van der Waals surface area (Å²) in [5, 5.41) is 8.08. The minimum atomic E-state index is 0.120. The second-order valence-electron chi connectivity index (χ2n) is 6.94. The molecule has 0 amide bonds. The molecule has 1 aliphatic rings. The van der Waals surface area contributed by atoms with E-state index >= 15 is 0 Å². The summed E-state index contributed by atoms with van der Waals surface area (Å²) < 4.78 is 0. The van der Waals surface area contributed by atoms with Crippen molar-refractivity contribution in [1.82, 2.24) is 0 Å². The second-order valence-corrected chi connectivity index (χ2v) is 6.94. The van der Waals surface area contributed by atoms with Gasteiger partial charge in [0, 0.05) is 11.1 Å². The van der Waals surface area contributed by atoms with Crippen LogP contribution in [0.5, 0.6) is 0 Å². The number of ketones is 1. The lowest BCUT2D eigenvalue weighted by Crippen LogP contribution is -2.22. The van der Waals surface area contributed by atoms with E-state index in [1.807, 2.05) is 24.3 Å². The summed E-state index contributed by atoms with van der Waals surface area (Å²) >= 11 is 0. The molecule has 26 heavy (non-hydrogen) atoms. The molecule has 1 nitrogen and oxygen atoms in total. The van der Waals surface area contributed by atoms with E-state index in [2.05, 4.69) is 60.7 Å². The molecule has 6 rings (SSSR count). The Hall–Kier alpha value is -3.45. The van der Waals surface area contributed by atoms with Crippen molar-refractivity contribution in [2.45, 2.75) is 0 Å². The van der Waals surface area contributed by atoms with Gasteiger partial charge in [0.25, 0.3) is 0 Å². The predicted octanol–water partition coefficient (Wildman–Crippen LogP) is 5.24. The molecule has 0 spiro atoms. The predicted molar refractivity (Wildman–Crippen MR) is 108 cm³/mol. The van der Waals surface area contributed by atoms with Crippen molar-refractivity contribution in [3.8, 4) is 0 Å². The zero-order valence-electron chi connectivity index (χ0n) is 14.0. The van der Waals surface area contributed by atoms with Gasteiger partial charge in [-0.3, -0.25) is 4.79 Å². The van der Waals surface area contributed by atoms with Gasteiger partial charge < -0.3 is 0 Å². The van der Waals surface area contributed by atoms with Crippen LogP contribution in [-0.2, 0) is 0 Å². The average molecular weight is 330 g/mol. The molecule has 0 N–H and O–H groups in total. The highest BCUT2D eigenvalue weighted by atomic mass is 16.1. The van der Waals surface area contributed by atoms with Crippen LogP contribution in [0.15, 0.2) is 78.9 Å². The van der Waals surface area contributed by atoms with Gasteiger partial charge in [0.15, 0.2) is 5.78 Å². The van der Waals surface area contributed by atoms with Crippen LogP contribution in [0.2, 0.25) is 0 Å². The molecule has 0 heterocycles. The van der Waals surface area contributed by atoms with Crippen molar-refractivity contribution in [2.24, 2.45) is 0 Å². The zero-order chi connectivity index (χ0) is 17.3. The standard InChI is InChI=1S/C25H14O/c26-25-20-12-11-15-5-1-2-9-18(15)21(20)14-22-19-10-4-7-16-6-3-8-17(24(16)19)13-23(22)25/h1-14H. The topological polar surface area (TPSA) is 17.1 Å². The lowest BCUT2D eigenvalue weighted by atomic mass is 9.85. The number of fused-ring (bicyclic) bond motifs is 5. The molecule has 0 aliphatic heterocycles. The highest BCUT2D eigenvalue weighted by molar-refractivity contribution is 6.21. The van der Waals surface area contributed by atoms with Gasteiger partial charge in [0.05, 0.1) is 0 Å². The molecule has 120 valence electrons. The molecule has 0 aromatic heterocycles. The van der Waals surface area contributed by atoms with Gasteiger partial charge in [-0.15, -0.1) is 0 Å². The first-order valence-electron chi connectivity index (χ1n) is 8.83. The Labute approximate surface area is 150 Å². The fourth-order valence-corrected chi connectivity index (χ4v) is 4.37. The molecular formula is C25H14O. The van der Waals surface area contributed by atoms with Crippen molar-refractivity contribution in [2.75, 3.05) is 0 Å². The summed E-state index contributed by atoms with van der Waals surface area (Å²) in [6.07, 6.45) is 2.20. The first kappa shape index (κ1) is 13.8. The average Bonchev–Trinajstić information content (AvgIpc) is 2.69. The fraction of sp³-hybridized carbons (Fsp3) is 0. The summed E-state index contributed by atoms with van der Waals surface area (Å²) in [6, 6.07) is 27.0. The normalized spacial score (nSPS) is 13.0. The van der Waals surface area contributed by atoms with E-state index in [9.17, 15) is 4.79 Å². The van der Waals surface area contributed by atoms with Crippen molar-refractivity contribution >= 4 is 44.2 Å². The second kappa shape index (κ2) is 4.80. The zero-order valence-corrected chi connectivity index (χ0v) is 14.0. The molecular weight excluding hydrogens is 316 g/mol. The molecule has 0 atom stereocenters. The smallest absolute Gasteiger partial charge is 0.194 e. The monoisotopic (exact) mass is 330 g/mol. The van der Waals surface area contributed by atoms with Crippen LogP contribution in [0.4, 0.5) is 0 Å². The van der Waals surface area contributed by atoms with Crippen molar-refractivity contribution in [3.05, 3.63) is 101 Å². The molecule has 1 heteroatoms. The first-order chi connectivity index (χ1) is 12.8. The number of hydrogen-bond acceptors (Lipinski definition) is 1. The van der Waals surface area contributed by atoms with Crippen LogP contribution < -0.4 is 5.22 Å². The largest absolute Gasteiger partial charge is 0.289 e. The molecule has 0 unspecified atom stereocenters. The van der Waals surface area contributed by atoms with E-state index in [-0.39, 0.29) is 5.78 Å². The van der Waals surface area contributed by atoms with E-state index in [0.717, 1.165) is 43.5 Å². The summed E-state index contributed by atoms with van der Waals surface area (Å²) in [5.74, 6) is 0.120. The molecule has 5 aromatic carbocycles. The molecule has 1 aliphatic carbocycles. The summed E-state index contributed by atoms with van der Waals surface area (Å²) in [6.45, 7) is 0. The molecule has 0 saturated heterocycles. The first-order valence-corrected chi connectivity index (χ1v) is 8.83. The third-order valence-electron chi connectivity index (χ3n) is 5.57. The summed E-state index contributed by atoms with van der Waals surface area (Å²) in [7, 11) is 0. The van der Waals surface area contributed by atoms with E-state index in [1.54, 1.807) is 0 Å². The van der Waals surface area contributed by atoms with Gasteiger partial charge in [-0.05, 0) is 61.3 Å². The number of carbonyl (C=O) groups is 1. The number of rotatable bonds is 0. The summed E-state index contributed by atoms with van der Waals surface area (Å²) in [5.41, 5.74) is 2.64. The molecule has 0 bridgehead atoms. The lowest BCUT2D eigenvalue weighted by molar-refractivity contribution is 0.103. The minimum absolute atomic E-state index is 0.120. The molecule has 0 fully saturated rings. The quantitative estimate of drug-likeness (QED) is 0.372. The van der Waals surface area contributed by atoms with Gasteiger partial charge in [-0.1, -0.05) is 66.7 Å². The Kier molecular flexibility index (Phi) is 2.55. The van der Waals surface area contributed by atoms with E-state index in [4.69, 9.17) is 0 Å². The van der Waals surface area contributed by atoms with Crippen LogP contribution in [-0.4, -0.2) is 5.78 Å². The van der Waals surface area contributed by atoms with Gasteiger partial charge in [-0.25, -0.2) is 0 Å².